The average Bonchev–Trinajstić information content (AvgIpc) is 2.71. The highest BCUT2D eigenvalue weighted by atomic mass is 35.5. The van der Waals surface area contributed by atoms with E-state index in [0.29, 0.717) is 5.02 Å². The molecule has 5 heteroatoms. The van der Waals surface area contributed by atoms with Gasteiger partial charge in [0.15, 0.2) is 0 Å². The first-order valence-electron chi connectivity index (χ1n) is 5.14. The molecule has 3 N–H and O–H groups in total. The van der Waals surface area contributed by atoms with Crippen LogP contribution in [0.2, 0.25) is 5.02 Å². The molecule has 1 saturated heterocycles. The largest absolute Gasteiger partial charge is 0.506 e. The third kappa shape index (κ3) is 1.93. The first-order chi connectivity index (χ1) is 7.59. The van der Waals surface area contributed by atoms with Gasteiger partial charge in [0.1, 0.15) is 11.8 Å². The summed E-state index contributed by atoms with van der Waals surface area (Å²) in [6.07, 6.45) is 1.69. The number of halogens is 1. The summed E-state index contributed by atoms with van der Waals surface area (Å²) in [7, 11) is 0. The monoisotopic (exact) mass is 240 g/mol. The number of benzene rings is 1. The van der Waals surface area contributed by atoms with E-state index in [1.165, 1.54) is 0 Å². The number of anilines is 1. The number of nitrogens with two attached hydrogens (primary N) is 1. The van der Waals surface area contributed by atoms with Crippen LogP contribution in [0.3, 0.4) is 0 Å². The number of primary amides is 1. The Bertz CT molecular complexity index is 422. The van der Waals surface area contributed by atoms with Crippen LogP contribution in [-0.4, -0.2) is 23.6 Å². The predicted molar refractivity (Wildman–Crippen MR) is 62.7 cm³/mol. The smallest absolute Gasteiger partial charge is 0.240 e. The Hall–Kier alpha value is -1.42. The van der Waals surface area contributed by atoms with Crippen molar-refractivity contribution in [3.63, 3.8) is 0 Å². The van der Waals surface area contributed by atoms with Crippen molar-refractivity contribution in [1.82, 2.24) is 0 Å². The fourth-order valence-electron chi connectivity index (χ4n) is 2.05. The maximum absolute atomic E-state index is 11.2. The average molecular weight is 241 g/mol. The highest BCUT2D eigenvalue weighted by Crippen LogP contribution is 2.32. The van der Waals surface area contributed by atoms with Gasteiger partial charge in [0.25, 0.3) is 0 Å². The highest BCUT2D eigenvalue weighted by Gasteiger charge is 2.29. The highest BCUT2D eigenvalue weighted by molar-refractivity contribution is 6.32. The molecule has 0 radical (unpaired) electrons. The Kier molecular flexibility index (Phi) is 2.92. The Labute approximate surface area is 98.6 Å². The zero-order valence-electron chi connectivity index (χ0n) is 8.69. The molecule has 0 saturated carbocycles. The van der Waals surface area contributed by atoms with Crippen molar-refractivity contribution in [2.45, 2.75) is 18.9 Å². The molecular weight excluding hydrogens is 228 g/mol. The Morgan fingerprint density at radius 3 is 2.94 bits per heavy atom. The summed E-state index contributed by atoms with van der Waals surface area (Å²) >= 11 is 5.73. The maximum atomic E-state index is 11.2. The van der Waals surface area contributed by atoms with Crippen molar-refractivity contribution in [3.8, 4) is 5.75 Å². The van der Waals surface area contributed by atoms with Crippen LogP contribution in [0.1, 0.15) is 12.8 Å². The molecule has 1 unspecified atom stereocenters. The topological polar surface area (TPSA) is 66.6 Å². The van der Waals surface area contributed by atoms with E-state index in [1.807, 2.05) is 4.90 Å². The molecule has 1 amide bonds. The van der Waals surface area contributed by atoms with Gasteiger partial charge in [-0.25, -0.2) is 0 Å². The van der Waals surface area contributed by atoms with Gasteiger partial charge < -0.3 is 15.7 Å². The van der Waals surface area contributed by atoms with Crippen LogP contribution in [0, 0.1) is 0 Å². The molecule has 1 fully saturated rings. The number of nitrogens with zero attached hydrogens (tertiary/aromatic N) is 1. The zero-order chi connectivity index (χ0) is 11.7. The molecule has 2 rings (SSSR count). The molecule has 1 aliphatic rings. The molecule has 86 valence electrons. The lowest BCUT2D eigenvalue weighted by Crippen LogP contribution is -2.40. The van der Waals surface area contributed by atoms with Crippen molar-refractivity contribution < 1.29 is 9.90 Å². The molecule has 0 aromatic heterocycles. The van der Waals surface area contributed by atoms with Crippen molar-refractivity contribution in [1.29, 1.82) is 0 Å². The lowest BCUT2D eigenvalue weighted by atomic mass is 10.2. The van der Waals surface area contributed by atoms with Gasteiger partial charge in [0.05, 0.1) is 5.02 Å². The van der Waals surface area contributed by atoms with Gasteiger partial charge >= 0.3 is 0 Å². The molecule has 1 aromatic rings. The molecule has 0 aliphatic carbocycles. The number of rotatable bonds is 2. The fourth-order valence-corrected chi connectivity index (χ4v) is 2.17. The number of carbonyl (C=O) groups is 1. The van der Waals surface area contributed by atoms with Crippen molar-refractivity contribution in [2.24, 2.45) is 5.73 Å². The van der Waals surface area contributed by atoms with Crippen LogP contribution in [-0.2, 0) is 4.79 Å². The SMILES string of the molecule is NC(=O)C1CCCN1c1ccc(Cl)c(O)c1. The molecule has 1 atom stereocenters. The van der Waals surface area contributed by atoms with Gasteiger partial charge in [-0.3, -0.25) is 4.79 Å². The second-order valence-electron chi connectivity index (χ2n) is 3.89. The summed E-state index contributed by atoms with van der Waals surface area (Å²) in [5.41, 5.74) is 6.11. The summed E-state index contributed by atoms with van der Waals surface area (Å²) in [6.45, 7) is 0.772. The van der Waals surface area contributed by atoms with Crippen LogP contribution in [0.4, 0.5) is 5.69 Å². The molecular formula is C11H13ClN2O2. The molecule has 1 heterocycles. The van der Waals surface area contributed by atoms with E-state index in [-0.39, 0.29) is 17.7 Å². The lowest BCUT2D eigenvalue weighted by Gasteiger charge is -2.24. The fraction of sp³-hybridized carbons (Fsp3) is 0.364. The third-order valence-electron chi connectivity index (χ3n) is 2.84. The first kappa shape index (κ1) is 11.1. The molecule has 0 bridgehead atoms. The number of hydrogen-bond acceptors (Lipinski definition) is 3. The van der Waals surface area contributed by atoms with E-state index in [0.717, 1.165) is 25.1 Å². The molecule has 1 aliphatic heterocycles. The van der Waals surface area contributed by atoms with E-state index < -0.39 is 0 Å². The van der Waals surface area contributed by atoms with Crippen LogP contribution >= 0.6 is 11.6 Å². The Balaban J connectivity index is 2.29. The third-order valence-corrected chi connectivity index (χ3v) is 3.16. The number of phenolic OH excluding ortho intramolecular Hbond substituents is 1. The lowest BCUT2D eigenvalue weighted by molar-refractivity contribution is -0.119. The standard InChI is InChI=1S/C11H13ClN2O2/c12-8-4-3-7(6-10(8)15)14-5-1-2-9(14)11(13)16/h3-4,6,9,15H,1-2,5H2,(H2,13,16). The van der Waals surface area contributed by atoms with Gasteiger partial charge in [-0.15, -0.1) is 0 Å². The number of phenols is 1. The van der Waals surface area contributed by atoms with Crippen LogP contribution < -0.4 is 10.6 Å². The van der Waals surface area contributed by atoms with Gasteiger partial charge in [-0.2, -0.15) is 0 Å². The molecule has 1 aromatic carbocycles. The summed E-state index contributed by atoms with van der Waals surface area (Å²) < 4.78 is 0. The minimum absolute atomic E-state index is 0.0225. The predicted octanol–water partition coefficient (Wildman–Crippen LogP) is 1.50. The quantitative estimate of drug-likeness (QED) is 0.823. The molecule has 0 spiro atoms. The van der Waals surface area contributed by atoms with E-state index in [4.69, 9.17) is 17.3 Å². The van der Waals surface area contributed by atoms with Gasteiger partial charge in [0, 0.05) is 18.3 Å². The van der Waals surface area contributed by atoms with Gasteiger partial charge in [-0.1, -0.05) is 11.6 Å². The molecule has 16 heavy (non-hydrogen) atoms. The number of amides is 1. The second-order valence-corrected chi connectivity index (χ2v) is 4.30. The summed E-state index contributed by atoms with van der Waals surface area (Å²) in [5.74, 6) is -0.304. The number of carbonyl (C=O) groups excluding carboxylic acids is 1. The van der Waals surface area contributed by atoms with Crippen LogP contribution in [0.25, 0.3) is 0 Å². The van der Waals surface area contributed by atoms with Crippen LogP contribution in [0.5, 0.6) is 5.75 Å². The minimum Gasteiger partial charge on any atom is -0.506 e. The normalized spacial score (nSPS) is 20.1. The van der Waals surface area contributed by atoms with Crippen molar-refractivity contribution in [2.75, 3.05) is 11.4 Å². The zero-order valence-corrected chi connectivity index (χ0v) is 9.44. The summed E-state index contributed by atoms with van der Waals surface area (Å²) in [4.78, 5) is 13.1. The van der Waals surface area contributed by atoms with Gasteiger partial charge in [0.2, 0.25) is 5.91 Å². The Morgan fingerprint density at radius 1 is 1.56 bits per heavy atom. The maximum Gasteiger partial charge on any atom is 0.240 e. The minimum atomic E-state index is -0.327. The van der Waals surface area contributed by atoms with Crippen molar-refractivity contribution in [3.05, 3.63) is 23.2 Å². The molecule has 4 nitrogen and oxygen atoms in total. The van der Waals surface area contributed by atoms with E-state index in [1.54, 1.807) is 18.2 Å². The van der Waals surface area contributed by atoms with Crippen LogP contribution in [0.15, 0.2) is 18.2 Å². The van der Waals surface area contributed by atoms with E-state index in [2.05, 4.69) is 0 Å². The summed E-state index contributed by atoms with van der Waals surface area (Å²) in [5, 5.41) is 9.81. The summed E-state index contributed by atoms with van der Waals surface area (Å²) in [6, 6.07) is 4.68. The second kappa shape index (κ2) is 4.22. The Morgan fingerprint density at radius 2 is 2.31 bits per heavy atom. The van der Waals surface area contributed by atoms with Gasteiger partial charge in [-0.05, 0) is 25.0 Å². The number of aromatic hydroxyl groups is 1. The van der Waals surface area contributed by atoms with Crippen molar-refractivity contribution >= 4 is 23.2 Å². The first-order valence-corrected chi connectivity index (χ1v) is 5.52. The van der Waals surface area contributed by atoms with E-state index >= 15 is 0 Å². The number of hydrogen-bond donors (Lipinski definition) is 2. The van der Waals surface area contributed by atoms with E-state index in [9.17, 15) is 9.90 Å².